The number of nitrogens with zero attached hydrogens (tertiary/aromatic N) is 1. The lowest BCUT2D eigenvalue weighted by atomic mass is 9.87. The van der Waals surface area contributed by atoms with Crippen molar-refractivity contribution in [3.05, 3.63) is 0 Å². The van der Waals surface area contributed by atoms with E-state index in [2.05, 4.69) is 10.2 Å². The first-order chi connectivity index (χ1) is 9.30. The molecule has 19 heavy (non-hydrogen) atoms. The van der Waals surface area contributed by atoms with Crippen molar-refractivity contribution < 1.29 is 9.53 Å². The van der Waals surface area contributed by atoms with Gasteiger partial charge in [-0.2, -0.15) is 11.8 Å². The summed E-state index contributed by atoms with van der Waals surface area (Å²) in [4.78, 5) is 14.5. The number of ether oxygens (including phenoxy) is 1. The van der Waals surface area contributed by atoms with Crippen LogP contribution in [0.15, 0.2) is 0 Å². The number of hydrogen-bond donors (Lipinski definition) is 1. The fraction of sp³-hybridized carbons (Fsp3) is 0.929. The highest BCUT2D eigenvalue weighted by atomic mass is 32.2. The van der Waals surface area contributed by atoms with Gasteiger partial charge in [-0.25, -0.2) is 0 Å². The fourth-order valence-electron chi connectivity index (χ4n) is 3.14. The second-order valence-electron chi connectivity index (χ2n) is 5.93. The molecule has 5 heteroatoms. The number of carbonyl (C=O) groups is 1. The molecule has 1 saturated carbocycles. The van der Waals surface area contributed by atoms with Crippen LogP contribution >= 0.6 is 11.8 Å². The van der Waals surface area contributed by atoms with Gasteiger partial charge in [0.15, 0.2) is 0 Å². The van der Waals surface area contributed by atoms with Crippen LogP contribution in [-0.2, 0) is 9.53 Å². The molecule has 0 atom stereocenters. The predicted octanol–water partition coefficient (Wildman–Crippen LogP) is 1.11. The van der Waals surface area contributed by atoms with Crippen molar-refractivity contribution in [1.82, 2.24) is 10.2 Å². The lowest BCUT2D eigenvalue weighted by Crippen LogP contribution is -2.60. The molecule has 2 heterocycles. The molecule has 0 spiro atoms. The average molecular weight is 284 g/mol. The largest absolute Gasteiger partial charge is 0.381 e. The van der Waals surface area contributed by atoms with Gasteiger partial charge in [0.2, 0.25) is 5.91 Å². The fourth-order valence-corrected chi connectivity index (χ4v) is 4.04. The predicted molar refractivity (Wildman–Crippen MR) is 77.4 cm³/mol. The van der Waals surface area contributed by atoms with E-state index in [-0.39, 0.29) is 11.4 Å². The van der Waals surface area contributed by atoms with Crippen molar-refractivity contribution in [2.24, 2.45) is 5.92 Å². The van der Waals surface area contributed by atoms with Crippen LogP contribution in [0, 0.1) is 5.92 Å². The Kier molecular flexibility index (Phi) is 4.34. The molecule has 1 amide bonds. The Labute approximate surface area is 119 Å². The monoisotopic (exact) mass is 284 g/mol. The minimum atomic E-state index is 0.157. The zero-order valence-electron chi connectivity index (χ0n) is 11.5. The number of hydrogen-bond acceptors (Lipinski definition) is 4. The van der Waals surface area contributed by atoms with Crippen LogP contribution in [0.4, 0.5) is 0 Å². The maximum atomic E-state index is 11.9. The number of carbonyl (C=O) groups excluding carboxylic acids is 1. The summed E-state index contributed by atoms with van der Waals surface area (Å²) in [6.45, 7) is 4.80. The van der Waals surface area contributed by atoms with Crippen LogP contribution in [0.2, 0.25) is 0 Å². The van der Waals surface area contributed by atoms with E-state index in [0.717, 1.165) is 58.5 Å². The number of thioether (sulfide) groups is 1. The first-order valence-electron chi connectivity index (χ1n) is 7.48. The van der Waals surface area contributed by atoms with Gasteiger partial charge in [-0.3, -0.25) is 9.69 Å². The van der Waals surface area contributed by atoms with Gasteiger partial charge in [-0.1, -0.05) is 0 Å². The Morgan fingerprint density at radius 3 is 2.58 bits per heavy atom. The van der Waals surface area contributed by atoms with Crippen LogP contribution in [0.5, 0.6) is 0 Å². The second kappa shape index (κ2) is 6.02. The minimum absolute atomic E-state index is 0.157. The van der Waals surface area contributed by atoms with E-state index in [1.807, 2.05) is 11.8 Å². The summed E-state index contributed by atoms with van der Waals surface area (Å²) in [6.07, 6.45) is 4.29. The average Bonchev–Trinajstić information content (AvgIpc) is 3.31. The molecule has 0 radical (unpaired) electrons. The summed E-state index contributed by atoms with van der Waals surface area (Å²) in [5.41, 5.74) is 0.157. The third-order valence-electron chi connectivity index (χ3n) is 4.65. The van der Waals surface area contributed by atoms with E-state index in [4.69, 9.17) is 4.74 Å². The van der Waals surface area contributed by atoms with Gasteiger partial charge in [-0.05, 0) is 25.7 Å². The third-order valence-corrected chi connectivity index (χ3v) is 5.59. The molecule has 0 aromatic carbocycles. The molecule has 1 N–H and O–H groups in total. The first kappa shape index (κ1) is 13.7. The summed E-state index contributed by atoms with van der Waals surface area (Å²) >= 11 is 2.04. The van der Waals surface area contributed by atoms with E-state index in [0.29, 0.717) is 5.92 Å². The zero-order chi connectivity index (χ0) is 13.1. The molecule has 2 saturated heterocycles. The molecule has 0 unspecified atom stereocenters. The Balaban J connectivity index is 1.62. The standard InChI is InChI=1S/C14H24N2O2S/c17-13(12-1-2-12)15-11-14(3-7-18-8-4-14)16-5-9-19-10-6-16/h12H,1-11H2,(H,15,17). The maximum Gasteiger partial charge on any atom is 0.223 e. The highest BCUT2D eigenvalue weighted by Gasteiger charge is 2.40. The molecule has 1 aliphatic carbocycles. The molecular formula is C14H24N2O2S. The summed E-state index contributed by atoms with van der Waals surface area (Å²) in [5.74, 6) is 3.03. The molecule has 108 valence electrons. The lowest BCUT2D eigenvalue weighted by Gasteiger charge is -2.48. The molecule has 4 nitrogen and oxygen atoms in total. The molecular weight excluding hydrogens is 260 g/mol. The van der Waals surface area contributed by atoms with E-state index >= 15 is 0 Å². The summed E-state index contributed by atoms with van der Waals surface area (Å²) in [7, 11) is 0. The number of nitrogens with one attached hydrogen (secondary N) is 1. The van der Waals surface area contributed by atoms with Gasteiger partial charge in [0.1, 0.15) is 0 Å². The van der Waals surface area contributed by atoms with Crippen LogP contribution in [0.25, 0.3) is 0 Å². The minimum Gasteiger partial charge on any atom is -0.381 e. The lowest BCUT2D eigenvalue weighted by molar-refractivity contribution is -0.123. The molecule has 3 fully saturated rings. The van der Waals surface area contributed by atoms with Gasteiger partial charge in [0.05, 0.1) is 0 Å². The Morgan fingerprint density at radius 1 is 1.26 bits per heavy atom. The van der Waals surface area contributed by atoms with Crippen LogP contribution < -0.4 is 5.32 Å². The molecule has 2 aliphatic heterocycles. The van der Waals surface area contributed by atoms with Crippen molar-refractivity contribution in [3.63, 3.8) is 0 Å². The van der Waals surface area contributed by atoms with E-state index < -0.39 is 0 Å². The Hall–Kier alpha value is -0.260. The van der Waals surface area contributed by atoms with Crippen molar-refractivity contribution >= 4 is 17.7 Å². The Bertz CT molecular complexity index is 321. The van der Waals surface area contributed by atoms with Crippen molar-refractivity contribution in [3.8, 4) is 0 Å². The quantitative estimate of drug-likeness (QED) is 0.840. The summed E-state index contributed by atoms with van der Waals surface area (Å²) in [6, 6.07) is 0. The molecule has 0 aromatic heterocycles. The molecule has 3 rings (SSSR count). The number of rotatable bonds is 4. The van der Waals surface area contributed by atoms with Gasteiger partial charge < -0.3 is 10.1 Å². The van der Waals surface area contributed by atoms with E-state index in [1.54, 1.807) is 0 Å². The smallest absolute Gasteiger partial charge is 0.223 e. The van der Waals surface area contributed by atoms with Crippen molar-refractivity contribution in [1.29, 1.82) is 0 Å². The van der Waals surface area contributed by atoms with E-state index in [1.165, 1.54) is 11.5 Å². The van der Waals surface area contributed by atoms with Crippen LogP contribution in [0.3, 0.4) is 0 Å². The molecule has 0 aromatic rings. The SMILES string of the molecule is O=C(NCC1(N2CCSCC2)CCOCC1)C1CC1. The first-order valence-corrected chi connectivity index (χ1v) is 8.64. The maximum absolute atomic E-state index is 11.9. The normalized spacial score (nSPS) is 28.0. The van der Waals surface area contributed by atoms with Gasteiger partial charge in [0.25, 0.3) is 0 Å². The molecule has 3 aliphatic rings. The van der Waals surface area contributed by atoms with Gasteiger partial charge in [0, 0.05) is 55.8 Å². The van der Waals surface area contributed by atoms with Gasteiger partial charge in [-0.15, -0.1) is 0 Å². The highest BCUT2D eigenvalue weighted by molar-refractivity contribution is 7.99. The van der Waals surface area contributed by atoms with Crippen LogP contribution in [-0.4, -0.2) is 60.7 Å². The topological polar surface area (TPSA) is 41.6 Å². The second-order valence-corrected chi connectivity index (χ2v) is 7.15. The van der Waals surface area contributed by atoms with Gasteiger partial charge >= 0.3 is 0 Å². The highest BCUT2D eigenvalue weighted by Crippen LogP contribution is 2.32. The van der Waals surface area contributed by atoms with E-state index in [9.17, 15) is 4.79 Å². The Morgan fingerprint density at radius 2 is 1.95 bits per heavy atom. The summed E-state index contributed by atoms with van der Waals surface area (Å²) < 4.78 is 5.54. The third kappa shape index (κ3) is 3.26. The molecule has 0 bridgehead atoms. The van der Waals surface area contributed by atoms with Crippen molar-refractivity contribution in [2.75, 3.05) is 44.4 Å². The van der Waals surface area contributed by atoms with Crippen LogP contribution in [0.1, 0.15) is 25.7 Å². The summed E-state index contributed by atoms with van der Waals surface area (Å²) in [5, 5.41) is 3.21. The zero-order valence-corrected chi connectivity index (χ0v) is 12.3. The van der Waals surface area contributed by atoms with Crippen molar-refractivity contribution in [2.45, 2.75) is 31.2 Å². The number of amides is 1.